The van der Waals surface area contributed by atoms with Gasteiger partial charge >= 0.3 is 0 Å². The molecule has 1 aliphatic heterocycles. The van der Waals surface area contributed by atoms with Crippen LogP contribution in [0.2, 0.25) is 0 Å². The van der Waals surface area contributed by atoms with E-state index in [9.17, 15) is 4.79 Å². The summed E-state index contributed by atoms with van der Waals surface area (Å²) in [5.41, 5.74) is 1.75. The second-order valence-corrected chi connectivity index (χ2v) is 6.14. The van der Waals surface area contributed by atoms with Crippen molar-refractivity contribution in [1.82, 2.24) is 0 Å². The molecule has 1 aromatic rings. The molecule has 0 saturated heterocycles. The lowest BCUT2D eigenvalue weighted by Crippen LogP contribution is -2.18. The van der Waals surface area contributed by atoms with Crippen LogP contribution in [0.1, 0.15) is 31.7 Å². The Bertz CT molecular complexity index is 598. The first-order chi connectivity index (χ1) is 9.02. The number of allylic oxidation sites excluding steroid dienone is 3. The minimum absolute atomic E-state index is 0.0597. The quantitative estimate of drug-likeness (QED) is 0.819. The van der Waals surface area contributed by atoms with Crippen LogP contribution in [-0.2, 0) is 9.53 Å². The van der Waals surface area contributed by atoms with Gasteiger partial charge in [-0.15, -0.1) is 0 Å². The molecule has 0 bridgehead atoms. The Morgan fingerprint density at radius 1 is 1.37 bits per heavy atom. The fourth-order valence-corrected chi connectivity index (χ4v) is 3.00. The third-order valence-corrected chi connectivity index (χ3v) is 4.39. The lowest BCUT2D eigenvalue weighted by atomic mass is 10.0. The van der Waals surface area contributed by atoms with Crippen LogP contribution in [-0.4, -0.2) is 11.4 Å². The first-order valence-corrected chi connectivity index (χ1v) is 7.17. The molecule has 0 aromatic heterocycles. The van der Waals surface area contributed by atoms with E-state index < -0.39 is 0 Å². The van der Waals surface area contributed by atoms with Gasteiger partial charge in [0.15, 0.2) is 5.78 Å². The number of hydrogen-bond acceptors (Lipinski definition) is 2. The molecule has 1 fully saturated rings. The highest BCUT2D eigenvalue weighted by Gasteiger charge is 2.57. The Balaban J connectivity index is 1.82. The summed E-state index contributed by atoms with van der Waals surface area (Å²) >= 11 is 3.45. The molecule has 98 valence electrons. The van der Waals surface area contributed by atoms with Crippen molar-refractivity contribution >= 4 is 21.7 Å². The van der Waals surface area contributed by atoms with Crippen LogP contribution in [0.5, 0.6) is 0 Å². The zero-order chi connectivity index (χ0) is 13.6. The van der Waals surface area contributed by atoms with Crippen molar-refractivity contribution in [1.29, 1.82) is 0 Å². The van der Waals surface area contributed by atoms with Crippen molar-refractivity contribution in [2.24, 2.45) is 0 Å². The fraction of sp³-hybridized carbons (Fsp3) is 0.312. The van der Waals surface area contributed by atoms with Crippen LogP contribution in [0, 0.1) is 0 Å². The number of ether oxygens (including phenoxy) is 1. The van der Waals surface area contributed by atoms with Gasteiger partial charge in [0.2, 0.25) is 0 Å². The first-order valence-electron chi connectivity index (χ1n) is 6.37. The van der Waals surface area contributed by atoms with Crippen molar-refractivity contribution in [3.63, 3.8) is 0 Å². The minimum Gasteiger partial charge on any atom is -0.486 e. The van der Waals surface area contributed by atoms with Crippen molar-refractivity contribution < 1.29 is 9.53 Å². The van der Waals surface area contributed by atoms with E-state index in [1.165, 1.54) is 5.56 Å². The maximum absolute atomic E-state index is 11.4. The average Bonchev–Trinajstić information content (AvgIpc) is 3.03. The van der Waals surface area contributed by atoms with E-state index in [1.54, 1.807) is 6.92 Å². The van der Waals surface area contributed by atoms with E-state index in [2.05, 4.69) is 40.2 Å². The summed E-state index contributed by atoms with van der Waals surface area (Å²) in [6.07, 6.45) is 4.94. The molecule has 2 atom stereocenters. The van der Waals surface area contributed by atoms with Crippen LogP contribution < -0.4 is 0 Å². The smallest absolute Gasteiger partial charge is 0.163 e. The number of rotatable bonds is 2. The third-order valence-electron chi connectivity index (χ3n) is 3.86. The van der Waals surface area contributed by atoms with Gasteiger partial charge in [-0.25, -0.2) is 0 Å². The topological polar surface area (TPSA) is 26.3 Å². The van der Waals surface area contributed by atoms with E-state index in [1.807, 2.05) is 19.1 Å². The van der Waals surface area contributed by atoms with E-state index in [0.29, 0.717) is 11.5 Å². The number of carbonyl (C=O) groups is 1. The van der Waals surface area contributed by atoms with Crippen LogP contribution >= 0.6 is 15.9 Å². The summed E-state index contributed by atoms with van der Waals surface area (Å²) in [4.78, 5) is 11.4. The molecule has 1 aromatic carbocycles. The largest absolute Gasteiger partial charge is 0.486 e. The SMILES string of the molecule is CC(=O)C1=C(C)O[C@]2(C=C1)C[C@H]2c1ccc(Br)cc1. The Morgan fingerprint density at radius 2 is 2.05 bits per heavy atom. The van der Waals surface area contributed by atoms with Gasteiger partial charge in [0.05, 0.1) is 5.57 Å². The number of hydrogen-bond donors (Lipinski definition) is 0. The second kappa shape index (κ2) is 4.34. The fourth-order valence-electron chi connectivity index (χ4n) is 2.73. The van der Waals surface area contributed by atoms with Gasteiger partial charge < -0.3 is 4.74 Å². The molecule has 3 heteroatoms. The standard InChI is InChI=1S/C16H15BrO2/c1-10(18)14-7-8-16(19-11(14)2)9-15(16)12-3-5-13(17)6-4-12/h3-8,15H,9H2,1-2H3/t15-,16+/m0/s1. The van der Waals surface area contributed by atoms with Crippen LogP contribution in [0.4, 0.5) is 0 Å². The van der Waals surface area contributed by atoms with Gasteiger partial charge in [-0.3, -0.25) is 4.79 Å². The number of benzene rings is 1. The number of Topliss-reactive ketones (excluding diaryl/α,β-unsaturated/α-hetero) is 1. The molecule has 1 aliphatic carbocycles. The van der Waals surface area contributed by atoms with E-state index in [-0.39, 0.29) is 11.4 Å². The second-order valence-electron chi connectivity index (χ2n) is 5.22. The van der Waals surface area contributed by atoms with Gasteiger partial charge in [0.1, 0.15) is 11.4 Å². The lowest BCUT2D eigenvalue weighted by Gasteiger charge is -2.22. The Labute approximate surface area is 121 Å². The predicted octanol–water partition coefficient (Wildman–Crippen LogP) is 4.12. The molecule has 0 radical (unpaired) electrons. The zero-order valence-corrected chi connectivity index (χ0v) is 12.5. The zero-order valence-electron chi connectivity index (χ0n) is 10.9. The number of carbonyl (C=O) groups excluding carboxylic acids is 1. The van der Waals surface area contributed by atoms with E-state index >= 15 is 0 Å². The molecule has 19 heavy (non-hydrogen) atoms. The monoisotopic (exact) mass is 318 g/mol. The third kappa shape index (κ3) is 2.16. The summed E-state index contributed by atoms with van der Waals surface area (Å²) in [7, 11) is 0. The van der Waals surface area contributed by atoms with Gasteiger partial charge in [-0.2, -0.15) is 0 Å². The van der Waals surface area contributed by atoms with Gasteiger partial charge in [0.25, 0.3) is 0 Å². The minimum atomic E-state index is -0.225. The van der Waals surface area contributed by atoms with Crippen molar-refractivity contribution in [3.8, 4) is 0 Å². The van der Waals surface area contributed by atoms with Crippen LogP contribution in [0.3, 0.4) is 0 Å². The van der Waals surface area contributed by atoms with E-state index in [0.717, 1.165) is 16.7 Å². The van der Waals surface area contributed by atoms with Gasteiger partial charge in [0, 0.05) is 16.8 Å². The highest BCUT2D eigenvalue weighted by atomic mass is 79.9. The summed E-state index contributed by atoms with van der Waals surface area (Å²) in [5, 5.41) is 0. The molecule has 1 heterocycles. The molecule has 1 saturated carbocycles. The summed E-state index contributed by atoms with van der Waals surface area (Å²) < 4.78 is 7.10. The Hall–Kier alpha value is -1.35. The Morgan fingerprint density at radius 3 is 2.63 bits per heavy atom. The molecular formula is C16H15BrO2. The van der Waals surface area contributed by atoms with Crippen LogP contribution in [0.25, 0.3) is 0 Å². The summed E-state index contributed by atoms with van der Waals surface area (Å²) in [5.74, 6) is 1.19. The molecule has 0 amide bonds. The van der Waals surface area contributed by atoms with Crippen LogP contribution in [0.15, 0.2) is 52.2 Å². The maximum Gasteiger partial charge on any atom is 0.163 e. The molecule has 3 rings (SSSR count). The predicted molar refractivity (Wildman–Crippen MR) is 77.8 cm³/mol. The summed E-state index contributed by atoms with van der Waals surface area (Å²) in [6, 6.07) is 8.36. The molecule has 0 unspecified atom stereocenters. The molecule has 2 nitrogen and oxygen atoms in total. The maximum atomic E-state index is 11.4. The number of halogens is 1. The van der Waals surface area contributed by atoms with Gasteiger partial charge in [-0.1, -0.05) is 28.1 Å². The highest BCUT2D eigenvalue weighted by molar-refractivity contribution is 9.10. The van der Waals surface area contributed by atoms with Crippen molar-refractivity contribution in [2.45, 2.75) is 31.8 Å². The number of ketones is 1. The highest BCUT2D eigenvalue weighted by Crippen LogP contribution is 2.57. The molecule has 0 N–H and O–H groups in total. The molecular weight excluding hydrogens is 304 g/mol. The van der Waals surface area contributed by atoms with Gasteiger partial charge in [-0.05, 0) is 43.7 Å². The van der Waals surface area contributed by atoms with Crippen molar-refractivity contribution in [2.75, 3.05) is 0 Å². The first kappa shape index (κ1) is 12.7. The normalized spacial score (nSPS) is 28.5. The Kier molecular flexibility index (Phi) is 2.90. The van der Waals surface area contributed by atoms with E-state index in [4.69, 9.17) is 4.74 Å². The molecule has 1 spiro atoms. The lowest BCUT2D eigenvalue weighted by molar-refractivity contribution is -0.113. The summed E-state index contributed by atoms with van der Waals surface area (Å²) in [6.45, 7) is 3.45. The average molecular weight is 319 g/mol. The van der Waals surface area contributed by atoms with Crippen molar-refractivity contribution in [3.05, 3.63) is 57.8 Å². The molecule has 2 aliphatic rings.